The molecule has 0 saturated heterocycles. The van der Waals surface area contributed by atoms with Crippen molar-refractivity contribution in [2.45, 2.75) is 78.1 Å². The summed E-state index contributed by atoms with van der Waals surface area (Å²) >= 11 is 0. The van der Waals surface area contributed by atoms with E-state index < -0.39 is 0 Å². The topological polar surface area (TPSA) is 0 Å². The average Bonchev–Trinajstić information content (AvgIpc) is 2.30. The summed E-state index contributed by atoms with van der Waals surface area (Å²) in [5, 5.41) is 0. The molecule has 92 valence electrons. The SMILES string of the molecule is CCCCC1CCCCC1.CCCCP. The van der Waals surface area contributed by atoms with Crippen LogP contribution in [0.2, 0.25) is 0 Å². The van der Waals surface area contributed by atoms with Crippen molar-refractivity contribution < 1.29 is 0 Å². The van der Waals surface area contributed by atoms with Gasteiger partial charge < -0.3 is 0 Å². The molecule has 0 spiro atoms. The van der Waals surface area contributed by atoms with Crippen LogP contribution in [0.3, 0.4) is 0 Å². The van der Waals surface area contributed by atoms with Gasteiger partial charge in [-0.05, 0) is 12.1 Å². The molecule has 0 nitrogen and oxygen atoms in total. The maximum absolute atomic E-state index is 2.70. The predicted octanol–water partition coefficient (Wildman–Crippen LogP) is 5.42. The lowest BCUT2D eigenvalue weighted by Gasteiger charge is -2.20. The molecule has 0 bridgehead atoms. The second kappa shape index (κ2) is 12.5. The van der Waals surface area contributed by atoms with Gasteiger partial charge in [0.15, 0.2) is 0 Å². The molecule has 0 aromatic rings. The van der Waals surface area contributed by atoms with Crippen molar-refractivity contribution in [1.29, 1.82) is 0 Å². The Morgan fingerprint density at radius 2 is 1.53 bits per heavy atom. The van der Waals surface area contributed by atoms with Crippen LogP contribution in [0.25, 0.3) is 0 Å². The molecule has 1 aliphatic rings. The van der Waals surface area contributed by atoms with Crippen LogP contribution in [-0.2, 0) is 0 Å². The Balaban J connectivity index is 0.000000336. The van der Waals surface area contributed by atoms with Crippen LogP contribution in [0, 0.1) is 5.92 Å². The Kier molecular flexibility index (Phi) is 12.9. The van der Waals surface area contributed by atoms with Crippen LogP contribution < -0.4 is 0 Å². The summed E-state index contributed by atoms with van der Waals surface area (Å²) in [5.74, 6) is 1.11. The van der Waals surface area contributed by atoms with Crippen molar-refractivity contribution in [2.75, 3.05) is 6.16 Å². The summed E-state index contributed by atoms with van der Waals surface area (Å²) in [7, 11) is 2.70. The van der Waals surface area contributed by atoms with Crippen LogP contribution in [0.4, 0.5) is 0 Å². The van der Waals surface area contributed by atoms with Crippen molar-refractivity contribution >= 4 is 9.24 Å². The molecule has 1 fully saturated rings. The third-order valence-electron chi connectivity index (χ3n) is 3.25. The molecule has 0 amide bonds. The first-order valence-electron chi connectivity index (χ1n) is 7.05. The summed E-state index contributed by atoms with van der Waals surface area (Å²) in [6, 6.07) is 0. The van der Waals surface area contributed by atoms with E-state index in [-0.39, 0.29) is 0 Å². The molecule has 0 radical (unpaired) electrons. The highest BCUT2D eigenvalue weighted by Crippen LogP contribution is 2.27. The van der Waals surface area contributed by atoms with Gasteiger partial charge in [0.2, 0.25) is 0 Å². The Bertz CT molecular complexity index is 104. The average molecular weight is 230 g/mol. The number of unbranched alkanes of at least 4 members (excludes halogenated alkanes) is 2. The highest BCUT2D eigenvalue weighted by atomic mass is 31.0. The van der Waals surface area contributed by atoms with Gasteiger partial charge in [0.05, 0.1) is 0 Å². The summed E-state index contributed by atoms with van der Waals surface area (Å²) in [5.41, 5.74) is 0. The lowest BCUT2D eigenvalue weighted by molar-refractivity contribution is 0.331. The van der Waals surface area contributed by atoms with Gasteiger partial charge in [-0.3, -0.25) is 0 Å². The Morgan fingerprint density at radius 1 is 0.933 bits per heavy atom. The van der Waals surface area contributed by atoms with E-state index in [1.54, 1.807) is 0 Å². The largest absolute Gasteiger partial charge is 0.138 e. The lowest BCUT2D eigenvalue weighted by Crippen LogP contribution is -2.05. The molecular formula is C14H31P. The van der Waals surface area contributed by atoms with E-state index in [2.05, 4.69) is 23.1 Å². The minimum absolute atomic E-state index is 1.11. The first-order chi connectivity index (χ1) is 7.35. The third-order valence-corrected chi connectivity index (χ3v) is 3.66. The second-order valence-electron chi connectivity index (χ2n) is 4.79. The van der Waals surface area contributed by atoms with Gasteiger partial charge in [-0.2, -0.15) is 0 Å². The zero-order chi connectivity index (χ0) is 11.4. The first kappa shape index (κ1) is 15.4. The van der Waals surface area contributed by atoms with Crippen LogP contribution in [-0.4, -0.2) is 6.16 Å². The molecule has 1 aliphatic carbocycles. The quantitative estimate of drug-likeness (QED) is 0.553. The van der Waals surface area contributed by atoms with Gasteiger partial charge in [-0.15, -0.1) is 9.24 Å². The molecule has 0 heterocycles. The predicted molar refractivity (Wildman–Crippen MR) is 75.6 cm³/mol. The van der Waals surface area contributed by atoms with Gasteiger partial charge in [0.25, 0.3) is 0 Å². The maximum Gasteiger partial charge on any atom is -0.0381 e. The summed E-state index contributed by atoms with van der Waals surface area (Å²) in [6.07, 6.45) is 15.9. The summed E-state index contributed by atoms with van der Waals surface area (Å²) in [4.78, 5) is 0. The van der Waals surface area contributed by atoms with Gasteiger partial charge in [0.1, 0.15) is 0 Å². The van der Waals surface area contributed by atoms with Gasteiger partial charge in [0, 0.05) is 0 Å². The minimum atomic E-state index is 1.11. The fraction of sp³-hybridized carbons (Fsp3) is 1.00. The normalized spacial score (nSPS) is 17.0. The van der Waals surface area contributed by atoms with E-state index in [4.69, 9.17) is 0 Å². The van der Waals surface area contributed by atoms with Gasteiger partial charge >= 0.3 is 0 Å². The lowest BCUT2D eigenvalue weighted by atomic mass is 9.86. The van der Waals surface area contributed by atoms with E-state index >= 15 is 0 Å². The van der Waals surface area contributed by atoms with Crippen LogP contribution in [0.1, 0.15) is 78.1 Å². The fourth-order valence-electron chi connectivity index (χ4n) is 2.17. The summed E-state index contributed by atoms with van der Waals surface area (Å²) in [6.45, 7) is 4.49. The molecule has 1 saturated carbocycles. The Labute approximate surface area is 99.8 Å². The van der Waals surface area contributed by atoms with Crippen molar-refractivity contribution in [3.05, 3.63) is 0 Å². The Hall–Kier alpha value is 0.430. The molecule has 1 heteroatoms. The molecule has 0 aromatic carbocycles. The van der Waals surface area contributed by atoms with Gasteiger partial charge in [-0.1, -0.05) is 78.1 Å². The molecule has 0 aliphatic heterocycles. The first-order valence-corrected chi connectivity index (χ1v) is 7.86. The van der Waals surface area contributed by atoms with Crippen molar-refractivity contribution in [2.24, 2.45) is 5.92 Å². The van der Waals surface area contributed by atoms with Crippen LogP contribution in [0.5, 0.6) is 0 Å². The molecule has 1 rings (SSSR count). The Morgan fingerprint density at radius 3 is 1.93 bits per heavy atom. The van der Waals surface area contributed by atoms with Crippen LogP contribution in [0.15, 0.2) is 0 Å². The van der Waals surface area contributed by atoms with Crippen molar-refractivity contribution in [1.82, 2.24) is 0 Å². The minimum Gasteiger partial charge on any atom is -0.138 e. The highest BCUT2D eigenvalue weighted by molar-refractivity contribution is 7.16. The van der Waals surface area contributed by atoms with E-state index in [0.29, 0.717) is 0 Å². The number of hydrogen-bond donors (Lipinski definition) is 0. The zero-order valence-electron chi connectivity index (χ0n) is 10.9. The molecule has 15 heavy (non-hydrogen) atoms. The smallest absolute Gasteiger partial charge is 0.0381 e. The summed E-state index contributed by atoms with van der Waals surface area (Å²) < 4.78 is 0. The van der Waals surface area contributed by atoms with Crippen molar-refractivity contribution in [3.8, 4) is 0 Å². The standard InChI is InChI=1S/C10H20.C4H11P/c1-2-3-7-10-8-5-4-6-9-10;1-2-3-4-5/h10H,2-9H2,1H3;2-5H2,1H3. The van der Waals surface area contributed by atoms with Crippen molar-refractivity contribution in [3.63, 3.8) is 0 Å². The molecule has 1 atom stereocenters. The zero-order valence-corrected chi connectivity index (χ0v) is 12.1. The number of hydrogen-bond acceptors (Lipinski definition) is 0. The van der Waals surface area contributed by atoms with E-state index in [9.17, 15) is 0 Å². The molecular weight excluding hydrogens is 199 g/mol. The van der Waals surface area contributed by atoms with E-state index in [1.807, 2.05) is 0 Å². The molecule has 0 N–H and O–H groups in total. The molecule has 1 unspecified atom stereocenters. The molecule has 0 aromatic heterocycles. The number of rotatable bonds is 5. The van der Waals surface area contributed by atoms with E-state index in [1.165, 1.54) is 70.4 Å². The van der Waals surface area contributed by atoms with Crippen LogP contribution >= 0.6 is 9.24 Å². The van der Waals surface area contributed by atoms with Gasteiger partial charge in [-0.25, -0.2) is 0 Å². The highest BCUT2D eigenvalue weighted by Gasteiger charge is 2.11. The monoisotopic (exact) mass is 230 g/mol. The maximum atomic E-state index is 2.70. The fourth-order valence-corrected chi connectivity index (χ4v) is 2.58. The third kappa shape index (κ3) is 10.7. The second-order valence-corrected chi connectivity index (χ2v) is 5.37. The van der Waals surface area contributed by atoms with E-state index in [0.717, 1.165) is 5.92 Å².